The molecule has 114 valence electrons. The molecule has 0 spiro atoms. The smallest absolute Gasteiger partial charge is 0.138 e. The Balaban J connectivity index is 1.94. The zero-order valence-corrected chi connectivity index (χ0v) is 12.7. The molecular weight excluding hydrogens is 276 g/mol. The Bertz CT molecular complexity index is 794. The fourth-order valence-electron chi connectivity index (χ4n) is 2.57. The number of hydrogen-bond acceptors (Lipinski definition) is 4. The standard InChI is InChI=1S/C17H20N4O/c1-12-4-7-17(22)15(20-12)10-21-11-19-14-6-5-13(3-2-8-18)9-16(14)21/h4-7,9,11,22H,2-3,8,10,18H2,1H3. The molecule has 3 rings (SSSR count). The molecule has 0 amide bonds. The molecule has 22 heavy (non-hydrogen) atoms. The summed E-state index contributed by atoms with van der Waals surface area (Å²) in [4.78, 5) is 8.83. The van der Waals surface area contributed by atoms with Gasteiger partial charge in [-0.05, 0) is 56.1 Å². The quantitative estimate of drug-likeness (QED) is 0.758. The molecular formula is C17H20N4O. The molecule has 2 heterocycles. The highest BCUT2D eigenvalue weighted by molar-refractivity contribution is 5.76. The van der Waals surface area contributed by atoms with Crippen LogP contribution in [0.2, 0.25) is 0 Å². The molecule has 0 aliphatic carbocycles. The summed E-state index contributed by atoms with van der Waals surface area (Å²) in [5, 5.41) is 9.97. The summed E-state index contributed by atoms with van der Waals surface area (Å²) in [6.45, 7) is 3.11. The summed E-state index contributed by atoms with van der Waals surface area (Å²) in [6, 6.07) is 9.75. The predicted octanol–water partition coefficient (Wildman–Crippen LogP) is 2.38. The Labute approximate surface area is 129 Å². The van der Waals surface area contributed by atoms with Crippen molar-refractivity contribution in [3.8, 4) is 5.75 Å². The van der Waals surface area contributed by atoms with E-state index in [1.807, 2.05) is 17.6 Å². The van der Waals surface area contributed by atoms with Gasteiger partial charge >= 0.3 is 0 Å². The predicted molar refractivity (Wildman–Crippen MR) is 86.8 cm³/mol. The van der Waals surface area contributed by atoms with Gasteiger partial charge < -0.3 is 15.4 Å². The highest BCUT2D eigenvalue weighted by Crippen LogP contribution is 2.20. The lowest BCUT2D eigenvalue weighted by Crippen LogP contribution is -2.03. The van der Waals surface area contributed by atoms with Gasteiger partial charge in [-0.25, -0.2) is 4.98 Å². The SMILES string of the molecule is Cc1ccc(O)c(Cn2cnc3ccc(CCCN)cc32)n1. The second-order valence-electron chi connectivity index (χ2n) is 5.51. The summed E-state index contributed by atoms with van der Waals surface area (Å²) in [5.41, 5.74) is 10.4. The molecule has 5 nitrogen and oxygen atoms in total. The Kier molecular flexibility index (Phi) is 4.06. The van der Waals surface area contributed by atoms with Crippen LogP contribution < -0.4 is 5.73 Å². The van der Waals surface area contributed by atoms with E-state index in [0.29, 0.717) is 18.8 Å². The normalized spacial score (nSPS) is 11.2. The van der Waals surface area contributed by atoms with Crippen LogP contribution in [-0.4, -0.2) is 26.2 Å². The van der Waals surface area contributed by atoms with Crippen LogP contribution in [0, 0.1) is 6.92 Å². The van der Waals surface area contributed by atoms with Gasteiger partial charge in [0.2, 0.25) is 0 Å². The van der Waals surface area contributed by atoms with Gasteiger partial charge in [-0.1, -0.05) is 6.07 Å². The maximum absolute atomic E-state index is 9.97. The fourth-order valence-corrected chi connectivity index (χ4v) is 2.57. The van der Waals surface area contributed by atoms with E-state index < -0.39 is 0 Å². The number of hydrogen-bond donors (Lipinski definition) is 2. The van der Waals surface area contributed by atoms with Crippen molar-refractivity contribution in [2.24, 2.45) is 5.73 Å². The minimum atomic E-state index is 0.215. The second-order valence-corrected chi connectivity index (χ2v) is 5.51. The van der Waals surface area contributed by atoms with Gasteiger partial charge in [-0.2, -0.15) is 0 Å². The van der Waals surface area contributed by atoms with Crippen LogP contribution >= 0.6 is 0 Å². The number of benzene rings is 1. The van der Waals surface area contributed by atoms with E-state index in [4.69, 9.17) is 5.73 Å². The van der Waals surface area contributed by atoms with Crippen LogP contribution in [0.4, 0.5) is 0 Å². The summed E-state index contributed by atoms with van der Waals surface area (Å²) in [7, 11) is 0. The first-order chi connectivity index (χ1) is 10.7. The van der Waals surface area contributed by atoms with Gasteiger partial charge in [-0.3, -0.25) is 4.98 Å². The summed E-state index contributed by atoms with van der Waals surface area (Å²) < 4.78 is 2.02. The Morgan fingerprint density at radius 1 is 1.23 bits per heavy atom. The first kappa shape index (κ1) is 14.5. The largest absolute Gasteiger partial charge is 0.506 e. The molecule has 0 radical (unpaired) electrons. The maximum Gasteiger partial charge on any atom is 0.138 e. The van der Waals surface area contributed by atoms with E-state index >= 15 is 0 Å². The van der Waals surface area contributed by atoms with Crippen LogP contribution in [0.3, 0.4) is 0 Å². The van der Waals surface area contributed by atoms with Gasteiger partial charge in [0.15, 0.2) is 0 Å². The van der Waals surface area contributed by atoms with Crippen molar-refractivity contribution < 1.29 is 5.11 Å². The van der Waals surface area contributed by atoms with E-state index in [9.17, 15) is 5.11 Å². The highest BCUT2D eigenvalue weighted by atomic mass is 16.3. The minimum absolute atomic E-state index is 0.215. The summed E-state index contributed by atoms with van der Waals surface area (Å²) in [6.07, 6.45) is 3.73. The van der Waals surface area contributed by atoms with E-state index in [1.165, 1.54) is 5.56 Å². The maximum atomic E-state index is 9.97. The number of nitrogens with zero attached hydrogens (tertiary/aromatic N) is 3. The number of pyridine rings is 1. The minimum Gasteiger partial charge on any atom is -0.506 e. The molecule has 0 bridgehead atoms. The van der Waals surface area contributed by atoms with Gasteiger partial charge in [0.05, 0.1) is 23.9 Å². The first-order valence-corrected chi connectivity index (χ1v) is 7.46. The number of fused-ring (bicyclic) bond motifs is 1. The van der Waals surface area contributed by atoms with Crippen LogP contribution in [0.15, 0.2) is 36.7 Å². The fraction of sp³-hybridized carbons (Fsp3) is 0.294. The first-order valence-electron chi connectivity index (χ1n) is 7.46. The van der Waals surface area contributed by atoms with Crippen molar-refractivity contribution in [1.82, 2.24) is 14.5 Å². The van der Waals surface area contributed by atoms with Crippen LogP contribution in [0.1, 0.15) is 23.4 Å². The molecule has 1 aromatic carbocycles. The number of aryl methyl sites for hydroxylation is 2. The van der Waals surface area contributed by atoms with Crippen LogP contribution in [0.5, 0.6) is 5.75 Å². The van der Waals surface area contributed by atoms with Crippen molar-refractivity contribution in [1.29, 1.82) is 0 Å². The van der Waals surface area contributed by atoms with Gasteiger partial charge in [0.1, 0.15) is 11.4 Å². The van der Waals surface area contributed by atoms with Crippen molar-refractivity contribution in [2.75, 3.05) is 6.54 Å². The van der Waals surface area contributed by atoms with Crippen molar-refractivity contribution >= 4 is 11.0 Å². The Morgan fingerprint density at radius 2 is 2.09 bits per heavy atom. The molecule has 0 unspecified atom stereocenters. The topological polar surface area (TPSA) is 77.0 Å². The van der Waals surface area contributed by atoms with E-state index in [1.54, 1.807) is 18.5 Å². The molecule has 5 heteroatoms. The lowest BCUT2D eigenvalue weighted by Gasteiger charge is -2.08. The van der Waals surface area contributed by atoms with Crippen molar-refractivity contribution in [2.45, 2.75) is 26.3 Å². The molecule has 2 aromatic heterocycles. The van der Waals surface area contributed by atoms with Crippen molar-refractivity contribution in [3.05, 3.63) is 53.6 Å². The molecule has 0 saturated carbocycles. The molecule has 0 fully saturated rings. The Hall–Kier alpha value is -2.40. The lowest BCUT2D eigenvalue weighted by molar-refractivity contribution is 0.461. The number of imidazole rings is 1. The van der Waals surface area contributed by atoms with Gasteiger partial charge in [0.25, 0.3) is 0 Å². The zero-order chi connectivity index (χ0) is 15.5. The number of aromatic hydroxyl groups is 1. The average molecular weight is 296 g/mol. The monoisotopic (exact) mass is 296 g/mol. The molecule has 3 aromatic rings. The number of rotatable bonds is 5. The van der Waals surface area contributed by atoms with E-state index in [2.05, 4.69) is 22.1 Å². The van der Waals surface area contributed by atoms with Gasteiger partial charge in [-0.15, -0.1) is 0 Å². The number of nitrogens with two attached hydrogens (primary N) is 1. The molecule has 0 saturated heterocycles. The van der Waals surface area contributed by atoms with Gasteiger partial charge in [0, 0.05) is 5.69 Å². The lowest BCUT2D eigenvalue weighted by atomic mass is 10.1. The Morgan fingerprint density at radius 3 is 2.91 bits per heavy atom. The highest BCUT2D eigenvalue weighted by Gasteiger charge is 2.08. The van der Waals surface area contributed by atoms with Crippen LogP contribution in [0.25, 0.3) is 11.0 Å². The van der Waals surface area contributed by atoms with E-state index in [0.717, 1.165) is 29.6 Å². The average Bonchev–Trinajstić information content (AvgIpc) is 2.91. The number of aromatic nitrogens is 3. The molecule has 0 aliphatic heterocycles. The van der Waals surface area contributed by atoms with E-state index in [-0.39, 0.29) is 5.75 Å². The van der Waals surface area contributed by atoms with Crippen LogP contribution in [-0.2, 0) is 13.0 Å². The summed E-state index contributed by atoms with van der Waals surface area (Å²) >= 11 is 0. The third-order valence-electron chi connectivity index (χ3n) is 3.76. The molecule has 0 atom stereocenters. The third-order valence-corrected chi connectivity index (χ3v) is 3.76. The molecule has 3 N–H and O–H groups in total. The summed E-state index contributed by atoms with van der Waals surface area (Å²) in [5.74, 6) is 0.215. The zero-order valence-electron chi connectivity index (χ0n) is 12.7. The third kappa shape index (κ3) is 2.94. The molecule has 0 aliphatic rings. The second kappa shape index (κ2) is 6.15. The van der Waals surface area contributed by atoms with Crippen molar-refractivity contribution in [3.63, 3.8) is 0 Å².